The van der Waals surface area contributed by atoms with Gasteiger partial charge in [-0.1, -0.05) is 12.1 Å². The zero-order chi connectivity index (χ0) is 16.8. The van der Waals surface area contributed by atoms with Crippen LogP contribution in [0.25, 0.3) is 0 Å². The Labute approximate surface area is 135 Å². The maximum atomic E-state index is 10.1. The molecular formula is C14H18O6S2. The lowest BCUT2D eigenvalue weighted by Crippen LogP contribution is -1.96. The fourth-order valence-corrected chi connectivity index (χ4v) is 2.52. The van der Waals surface area contributed by atoms with Crippen LogP contribution in [0.15, 0.2) is 35.0 Å². The molecule has 4 N–H and O–H groups in total. The molecule has 0 bridgehead atoms. The summed E-state index contributed by atoms with van der Waals surface area (Å²) in [5, 5.41) is 35.6. The smallest absolute Gasteiger partial charge is 0.308 e. The van der Waals surface area contributed by atoms with E-state index >= 15 is 0 Å². The number of aliphatic hydroxyl groups is 2. The molecule has 0 atom stereocenters. The van der Waals surface area contributed by atoms with Crippen molar-refractivity contribution in [1.29, 1.82) is 0 Å². The van der Waals surface area contributed by atoms with Gasteiger partial charge in [-0.05, 0) is 22.9 Å². The number of carboxylic acid groups (broad SMARTS) is 2. The average Bonchev–Trinajstić information content (AvgIpc) is 3.12. The van der Waals surface area contributed by atoms with Crippen molar-refractivity contribution >= 4 is 34.6 Å². The molecule has 0 aliphatic carbocycles. The fraction of sp³-hybridized carbons (Fsp3) is 0.286. The van der Waals surface area contributed by atoms with Crippen molar-refractivity contribution in [1.82, 2.24) is 0 Å². The van der Waals surface area contributed by atoms with Crippen LogP contribution in [0.3, 0.4) is 0 Å². The molecule has 2 heterocycles. The molecule has 22 heavy (non-hydrogen) atoms. The van der Waals surface area contributed by atoms with E-state index in [-0.39, 0.29) is 26.1 Å². The van der Waals surface area contributed by atoms with Crippen LogP contribution in [0.4, 0.5) is 0 Å². The number of hydrogen-bond donors (Lipinski definition) is 4. The first-order valence-corrected chi connectivity index (χ1v) is 7.95. The second-order valence-electron chi connectivity index (χ2n) is 3.75. The zero-order valence-corrected chi connectivity index (χ0v) is 13.3. The van der Waals surface area contributed by atoms with Gasteiger partial charge in [0.1, 0.15) is 0 Å². The Morgan fingerprint density at radius 1 is 0.818 bits per heavy atom. The Morgan fingerprint density at radius 3 is 1.36 bits per heavy atom. The van der Waals surface area contributed by atoms with Crippen LogP contribution in [0.2, 0.25) is 0 Å². The number of rotatable bonds is 5. The molecule has 0 saturated heterocycles. The van der Waals surface area contributed by atoms with Gasteiger partial charge in [-0.15, -0.1) is 22.7 Å². The lowest BCUT2D eigenvalue weighted by molar-refractivity contribution is -0.137. The maximum Gasteiger partial charge on any atom is 0.308 e. The van der Waals surface area contributed by atoms with Gasteiger partial charge < -0.3 is 20.4 Å². The van der Waals surface area contributed by atoms with Crippen molar-refractivity contribution in [3.05, 3.63) is 44.8 Å². The van der Waals surface area contributed by atoms with Crippen molar-refractivity contribution < 1.29 is 30.0 Å². The molecule has 0 spiro atoms. The molecule has 0 saturated carbocycles. The Morgan fingerprint density at radius 2 is 1.18 bits per heavy atom. The summed E-state index contributed by atoms with van der Waals surface area (Å²) in [6.07, 6.45) is 0.301. The van der Waals surface area contributed by atoms with E-state index in [1.54, 1.807) is 0 Å². The predicted molar refractivity (Wildman–Crippen MR) is 85.5 cm³/mol. The summed E-state index contributed by atoms with van der Waals surface area (Å²) in [5.41, 5.74) is 0. The summed E-state index contributed by atoms with van der Waals surface area (Å²) >= 11 is 2.94. The van der Waals surface area contributed by atoms with Crippen LogP contribution in [0.1, 0.15) is 9.75 Å². The van der Waals surface area contributed by atoms with Crippen molar-refractivity contribution in [2.45, 2.75) is 12.8 Å². The molecule has 0 aromatic carbocycles. The van der Waals surface area contributed by atoms with E-state index in [0.717, 1.165) is 9.75 Å². The molecule has 0 unspecified atom stereocenters. The Kier molecular flexibility index (Phi) is 11.9. The largest absolute Gasteiger partial charge is 0.481 e. The van der Waals surface area contributed by atoms with Gasteiger partial charge >= 0.3 is 11.9 Å². The van der Waals surface area contributed by atoms with Crippen LogP contribution >= 0.6 is 22.7 Å². The third kappa shape index (κ3) is 12.0. The minimum Gasteiger partial charge on any atom is -0.481 e. The van der Waals surface area contributed by atoms with Gasteiger partial charge in [0.05, 0.1) is 26.1 Å². The van der Waals surface area contributed by atoms with Gasteiger partial charge in [-0.3, -0.25) is 9.59 Å². The molecule has 0 amide bonds. The topological polar surface area (TPSA) is 115 Å². The van der Waals surface area contributed by atoms with Crippen LogP contribution in [0.5, 0.6) is 0 Å². The van der Waals surface area contributed by atoms with Gasteiger partial charge in [-0.2, -0.15) is 0 Å². The highest BCUT2D eigenvalue weighted by atomic mass is 32.1. The highest BCUT2D eigenvalue weighted by molar-refractivity contribution is 7.10. The molecule has 6 nitrogen and oxygen atoms in total. The Bertz CT molecular complexity index is 459. The standard InChI is InChI=1S/2C6H6O2S.C2H6O2/c2*7-6(8)4-5-2-1-3-9-5;3-1-2-4/h2*1-3H,4H2,(H,7,8);3-4H,1-2H2. The molecule has 0 fully saturated rings. The normalized spacial score (nSPS) is 9.00. The van der Waals surface area contributed by atoms with Gasteiger partial charge in [0.15, 0.2) is 0 Å². The monoisotopic (exact) mass is 346 g/mol. The number of aliphatic carboxylic acids is 2. The van der Waals surface area contributed by atoms with E-state index in [9.17, 15) is 9.59 Å². The van der Waals surface area contributed by atoms with Crippen LogP contribution in [-0.4, -0.2) is 45.6 Å². The predicted octanol–water partition coefficient (Wildman–Crippen LogP) is 1.72. The highest BCUT2D eigenvalue weighted by Crippen LogP contribution is 2.08. The van der Waals surface area contributed by atoms with Crippen molar-refractivity contribution in [3.63, 3.8) is 0 Å². The van der Waals surface area contributed by atoms with Crippen LogP contribution in [0, 0.1) is 0 Å². The molecule has 122 valence electrons. The van der Waals surface area contributed by atoms with Crippen LogP contribution < -0.4 is 0 Å². The molecular weight excluding hydrogens is 328 g/mol. The Balaban J connectivity index is 0.000000326. The fourth-order valence-electron chi connectivity index (χ4n) is 1.12. The number of carboxylic acids is 2. The summed E-state index contributed by atoms with van der Waals surface area (Å²) < 4.78 is 0. The summed E-state index contributed by atoms with van der Waals surface area (Å²) in [4.78, 5) is 22.0. The van der Waals surface area contributed by atoms with E-state index in [4.69, 9.17) is 20.4 Å². The summed E-state index contributed by atoms with van der Waals surface area (Å²) in [5.74, 6) is -1.53. The van der Waals surface area contributed by atoms with Gasteiger partial charge in [0.2, 0.25) is 0 Å². The SMILES string of the molecule is O=C(O)Cc1cccs1.O=C(O)Cc1cccs1.OCCO. The molecule has 2 rings (SSSR count). The highest BCUT2D eigenvalue weighted by Gasteiger charge is 1.99. The zero-order valence-electron chi connectivity index (χ0n) is 11.7. The minimum atomic E-state index is -0.766. The van der Waals surface area contributed by atoms with E-state index in [2.05, 4.69) is 0 Å². The first kappa shape index (κ1) is 20.3. The van der Waals surface area contributed by atoms with E-state index in [0.29, 0.717) is 0 Å². The first-order chi connectivity index (χ1) is 10.5. The Hall–Kier alpha value is -1.74. The second-order valence-corrected chi connectivity index (χ2v) is 5.81. The molecule has 0 aliphatic rings. The quantitative estimate of drug-likeness (QED) is 0.655. The second kappa shape index (κ2) is 13.0. The summed E-state index contributed by atoms with van der Waals surface area (Å²) in [6, 6.07) is 7.34. The number of hydrogen-bond acceptors (Lipinski definition) is 6. The van der Waals surface area contributed by atoms with Crippen molar-refractivity contribution in [2.24, 2.45) is 0 Å². The molecule has 2 aromatic rings. The van der Waals surface area contributed by atoms with E-state index in [1.807, 2.05) is 35.0 Å². The van der Waals surface area contributed by atoms with Crippen molar-refractivity contribution in [3.8, 4) is 0 Å². The van der Waals surface area contributed by atoms with Crippen LogP contribution in [-0.2, 0) is 22.4 Å². The molecule has 0 radical (unpaired) electrons. The summed E-state index contributed by atoms with van der Waals surface area (Å²) in [7, 11) is 0. The molecule has 2 aromatic heterocycles. The molecule has 8 heteroatoms. The van der Waals surface area contributed by atoms with Gasteiger partial charge in [0.25, 0.3) is 0 Å². The average molecular weight is 346 g/mol. The number of thiophene rings is 2. The lowest BCUT2D eigenvalue weighted by atomic mass is 10.3. The number of aliphatic hydroxyl groups excluding tert-OH is 2. The third-order valence-corrected chi connectivity index (χ3v) is 3.66. The minimum absolute atomic E-state index is 0.125. The lowest BCUT2D eigenvalue weighted by Gasteiger charge is -1.85. The van der Waals surface area contributed by atoms with Crippen molar-refractivity contribution in [2.75, 3.05) is 13.2 Å². The van der Waals surface area contributed by atoms with E-state index in [1.165, 1.54) is 22.7 Å². The first-order valence-electron chi connectivity index (χ1n) is 6.19. The number of carbonyl (C=O) groups is 2. The summed E-state index contributed by atoms with van der Waals surface area (Å²) in [6.45, 7) is -0.250. The van der Waals surface area contributed by atoms with Gasteiger partial charge in [0, 0.05) is 9.75 Å². The maximum absolute atomic E-state index is 10.1. The van der Waals surface area contributed by atoms with Gasteiger partial charge in [-0.25, -0.2) is 0 Å². The molecule has 0 aliphatic heterocycles. The third-order valence-electron chi connectivity index (χ3n) is 1.91. The van der Waals surface area contributed by atoms with E-state index < -0.39 is 11.9 Å².